The summed E-state index contributed by atoms with van der Waals surface area (Å²) in [5, 5.41) is 12.7. The zero-order chi connectivity index (χ0) is 26.2. The summed E-state index contributed by atoms with van der Waals surface area (Å²) in [5.74, 6) is 0.259. The number of likely N-dealkylation sites (N-methyl/N-ethyl adjacent to an activating group) is 1. The molecule has 6 heterocycles. The van der Waals surface area contributed by atoms with Crippen molar-refractivity contribution >= 4 is 39.2 Å². The molecular weight excluding hydrogens is 478 g/mol. The number of aromatic amines is 2. The number of carbonyl (C=O) groups excluding carboxylic acids is 1. The Morgan fingerprint density at radius 2 is 1.89 bits per heavy atom. The average Bonchev–Trinajstić information content (AvgIpc) is 3.52. The predicted molar refractivity (Wildman–Crippen MR) is 150 cm³/mol. The largest absolute Gasteiger partial charge is 0.368 e. The van der Waals surface area contributed by atoms with Crippen molar-refractivity contribution in [2.24, 2.45) is 5.92 Å². The Kier molecular flexibility index (Phi) is 6.24. The van der Waals surface area contributed by atoms with Crippen molar-refractivity contribution in [3.63, 3.8) is 0 Å². The monoisotopic (exact) mass is 509 g/mol. The van der Waals surface area contributed by atoms with Gasteiger partial charge in [0, 0.05) is 67.0 Å². The number of piperazine rings is 1. The van der Waals surface area contributed by atoms with Gasteiger partial charge in [0.2, 0.25) is 5.91 Å². The van der Waals surface area contributed by atoms with E-state index in [2.05, 4.69) is 64.4 Å². The van der Waals surface area contributed by atoms with E-state index in [1.807, 2.05) is 32.2 Å². The van der Waals surface area contributed by atoms with Crippen LogP contribution < -0.4 is 10.2 Å². The fourth-order valence-electron chi connectivity index (χ4n) is 4.97. The highest BCUT2D eigenvalue weighted by atomic mass is 16.1. The smallest absolute Gasteiger partial charge is 0.224 e. The van der Waals surface area contributed by atoms with E-state index in [0.717, 1.165) is 70.8 Å². The van der Waals surface area contributed by atoms with Crippen molar-refractivity contribution in [2.45, 2.75) is 20.3 Å². The van der Waals surface area contributed by atoms with Crippen LogP contribution in [-0.2, 0) is 4.79 Å². The summed E-state index contributed by atoms with van der Waals surface area (Å²) in [6, 6.07) is 8.13. The molecule has 3 N–H and O–H groups in total. The SMILES string of the molecule is CC(C)CC(=O)Nc1cncc(-c2cc3c(-c4cc5c(N6CCN(C)CC6)ccnc5[nH]4)n[nH]c3cn2)c1. The zero-order valence-electron chi connectivity index (χ0n) is 21.8. The van der Waals surface area contributed by atoms with Crippen LogP contribution in [0.5, 0.6) is 0 Å². The van der Waals surface area contributed by atoms with Gasteiger partial charge in [0.25, 0.3) is 0 Å². The van der Waals surface area contributed by atoms with Gasteiger partial charge in [-0.2, -0.15) is 5.10 Å². The predicted octanol–water partition coefficient (Wildman–Crippen LogP) is 4.30. The molecule has 0 radical (unpaired) electrons. The zero-order valence-corrected chi connectivity index (χ0v) is 21.8. The van der Waals surface area contributed by atoms with E-state index >= 15 is 0 Å². The Labute approximate surface area is 220 Å². The number of H-pyrrole nitrogens is 2. The first-order valence-corrected chi connectivity index (χ1v) is 13.0. The van der Waals surface area contributed by atoms with E-state index in [1.165, 1.54) is 5.69 Å². The van der Waals surface area contributed by atoms with Gasteiger partial charge in [-0.3, -0.25) is 19.9 Å². The molecule has 1 saturated heterocycles. The molecule has 1 amide bonds. The number of nitrogens with zero attached hydrogens (tertiary/aromatic N) is 6. The number of carbonyl (C=O) groups is 1. The molecule has 0 unspecified atom stereocenters. The summed E-state index contributed by atoms with van der Waals surface area (Å²) in [6.45, 7) is 8.10. The fourth-order valence-corrected chi connectivity index (χ4v) is 4.97. The van der Waals surface area contributed by atoms with Crippen LogP contribution in [0.3, 0.4) is 0 Å². The third-order valence-electron chi connectivity index (χ3n) is 6.97. The third-order valence-corrected chi connectivity index (χ3v) is 6.97. The molecular formula is C28H31N9O. The Morgan fingerprint density at radius 3 is 2.71 bits per heavy atom. The lowest BCUT2D eigenvalue weighted by Gasteiger charge is -2.34. The molecule has 0 saturated carbocycles. The Hall–Kier alpha value is -4.31. The maximum absolute atomic E-state index is 12.2. The number of fused-ring (bicyclic) bond motifs is 2. The molecule has 10 nitrogen and oxygen atoms in total. The first-order valence-electron chi connectivity index (χ1n) is 13.0. The molecule has 0 atom stereocenters. The van der Waals surface area contributed by atoms with Crippen LogP contribution in [0.4, 0.5) is 11.4 Å². The highest BCUT2D eigenvalue weighted by molar-refractivity contribution is 5.99. The quantitative estimate of drug-likeness (QED) is 0.312. The van der Waals surface area contributed by atoms with E-state index in [-0.39, 0.29) is 11.8 Å². The molecule has 0 aliphatic carbocycles. The number of aromatic nitrogens is 6. The Morgan fingerprint density at radius 1 is 1.05 bits per heavy atom. The summed E-state index contributed by atoms with van der Waals surface area (Å²) in [4.78, 5) is 34.0. The molecule has 0 spiro atoms. The van der Waals surface area contributed by atoms with Gasteiger partial charge in [-0.15, -0.1) is 0 Å². The van der Waals surface area contributed by atoms with E-state index in [1.54, 1.807) is 18.6 Å². The number of rotatable bonds is 6. The second-order valence-electron chi connectivity index (χ2n) is 10.4. The van der Waals surface area contributed by atoms with Gasteiger partial charge < -0.3 is 20.1 Å². The number of hydrogen-bond donors (Lipinski definition) is 3. The molecule has 1 aliphatic heterocycles. The van der Waals surface area contributed by atoms with Gasteiger partial charge in [0.1, 0.15) is 11.3 Å². The second kappa shape index (κ2) is 9.86. The third kappa shape index (κ3) is 4.70. The lowest BCUT2D eigenvalue weighted by Crippen LogP contribution is -2.44. The number of hydrogen-bond acceptors (Lipinski definition) is 7. The molecule has 194 valence electrons. The minimum atomic E-state index is -0.0251. The number of pyridine rings is 3. The van der Waals surface area contributed by atoms with Crippen molar-refractivity contribution < 1.29 is 4.79 Å². The molecule has 1 fully saturated rings. The van der Waals surface area contributed by atoms with Gasteiger partial charge >= 0.3 is 0 Å². The average molecular weight is 510 g/mol. The molecule has 10 heteroatoms. The van der Waals surface area contributed by atoms with E-state index in [9.17, 15) is 4.79 Å². The van der Waals surface area contributed by atoms with Crippen LogP contribution in [0.15, 0.2) is 49.1 Å². The standard InChI is InChI=1S/C28H31N9O/c1-17(2)10-26(38)32-19-11-18(14-29-15-19)22-12-20-24(16-31-22)34-35-27(20)23-13-21-25(4-5-30-28(21)33-23)37-8-6-36(3)7-9-37/h4-5,11-17H,6-10H2,1-3H3,(H,30,33)(H,32,38)(H,34,35). The highest BCUT2D eigenvalue weighted by Gasteiger charge is 2.19. The van der Waals surface area contributed by atoms with E-state index in [4.69, 9.17) is 0 Å². The van der Waals surface area contributed by atoms with Gasteiger partial charge in [-0.25, -0.2) is 4.98 Å². The topological polar surface area (TPSA) is 119 Å². The van der Waals surface area contributed by atoms with Crippen molar-refractivity contribution in [1.82, 2.24) is 35.0 Å². The minimum absolute atomic E-state index is 0.0251. The molecule has 0 aromatic carbocycles. The lowest BCUT2D eigenvalue weighted by molar-refractivity contribution is -0.116. The minimum Gasteiger partial charge on any atom is -0.368 e. The molecule has 1 aliphatic rings. The number of amides is 1. The van der Waals surface area contributed by atoms with E-state index < -0.39 is 0 Å². The fraction of sp³-hybridized carbons (Fsp3) is 0.321. The van der Waals surface area contributed by atoms with Crippen LogP contribution >= 0.6 is 0 Å². The summed E-state index contributed by atoms with van der Waals surface area (Å²) in [5.41, 5.74) is 6.79. The van der Waals surface area contributed by atoms with E-state index in [0.29, 0.717) is 12.1 Å². The van der Waals surface area contributed by atoms with Crippen LogP contribution in [0.25, 0.3) is 44.6 Å². The van der Waals surface area contributed by atoms with Crippen molar-refractivity contribution in [3.05, 3.63) is 49.1 Å². The van der Waals surface area contributed by atoms with Gasteiger partial charge in [-0.1, -0.05) is 13.8 Å². The number of nitrogens with one attached hydrogen (secondary N) is 3. The van der Waals surface area contributed by atoms with Crippen molar-refractivity contribution in [2.75, 3.05) is 43.4 Å². The van der Waals surface area contributed by atoms with Crippen LogP contribution in [0.1, 0.15) is 20.3 Å². The molecule has 5 aromatic rings. The maximum atomic E-state index is 12.2. The highest BCUT2D eigenvalue weighted by Crippen LogP contribution is 2.34. The Bertz CT molecular complexity index is 1610. The van der Waals surface area contributed by atoms with Crippen LogP contribution in [-0.4, -0.2) is 74.2 Å². The first kappa shape index (κ1) is 24.1. The normalized spacial score (nSPS) is 14.6. The van der Waals surface area contributed by atoms with Crippen molar-refractivity contribution in [3.8, 4) is 22.6 Å². The molecule has 0 bridgehead atoms. The first-order chi connectivity index (χ1) is 18.4. The summed E-state index contributed by atoms with van der Waals surface area (Å²) in [7, 11) is 2.16. The van der Waals surface area contributed by atoms with Crippen LogP contribution in [0.2, 0.25) is 0 Å². The second-order valence-corrected chi connectivity index (χ2v) is 10.4. The van der Waals surface area contributed by atoms with Crippen molar-refractivity contribution in [1.29, 1.82) is 0 Å². The Balaban J connectivity index is 1.34. The molecule has 6 rings (SSSR count). The maximum Gasteiger partial charge on any atom is 0.224 e. The lowest BCUT2D eigenvalue weighted by atomic mass is 10.1. The van der Waals surface area contributed by atoms with Gasteiger partial charge in [0.15, 0.2) is 0 Å². The van der Waals surface area contributed by atoms with Gasteiger partial charge in [-0.05, 0) is 37.2 Å². The molecule has 38 heavy (non-hydrogen) atoms. The van der Waals surface area contributed by atoms with Gasteiger partial charge in [0.05, 0.1) is 35.0 Å². The summed E-state index contributed by atoms with van der Waals surface area (Å²) < 4.78 is 0. The molecule has 5 aromatic heterocycles. The summed E-state index contributed by atoms with van der Waals surface area (Å²) in [6.07, 6.45) is 7.51. The van der Waals surface area contributed by atoms with Crippen LogP contribution in [0, 0.1) is 5.92 Å². The summed E-state index contributed by atoms with van der Waals surface area (Å²) >= 11 is 0. The number of anilines is 2.